The van der Waals surface area contributed by atoms with Crippen molar-refractivity contribution in [3.8, 4) is 0 Å². The minimum atomic E-state index is 0.244. The Morgan fingerprint density at radius 3 is 2.56 bits per heavy atom. The quantitative estimate of drug-likeness (QED) is 0.806. The first-order chi connectivity index (χ1) is 7.58. The van der Waals surface area contributed by atoms with Crippen molar-refractivity contribution in [3.63, 3.8) is 0 Å². The smallest absolute Gasteiger partial charge is 0.0628 e. The lowest BCUT2D eigenvalue weighted by Crippen LogP contribution is -2.17. The molecule has 3 nitrogen and oxygen atoms in total. The van der Waals surface area contributed by atoms with Gasteiger partial charge in [0.2, 0.25) is 0 Å². The largest absolute Gasteiger partial charge is 0.396 e. The van der Waals surface area contributed by atoms with Crippen molar-refractivity contribution in [1.82, 2.24) is 9.78 Å². The molecule has 1 aromatic heterocycles. The Balaban J connectivity index is 2.64. The van der Waals surface area contributed by atoms with Crippen LogP contribution in [0, 0.1) is 11.8 Å². The predicted octanol–water partition coefficient (Wildman–Crippen LogP) is 2.66. The molecule has 0 aliphatic heterocycles. The number of nitrogens with zero attached hydrogens (tertiary/aromatic N) is 2. The molecule has 3 heteroatoms. The van der Waals surface area contributed by atoms with Crippen LogP contribution in [0.2, 0.25) is 0 Å². The summed E-state index contributed by atoms with van der Waals surface area (Å²) in [5.74, 6) is 0.819. The van der Waals surface area contributed by atoms with Crippen molar-refractivity contribution in [3.05, 3.63) is 18.0 Å². The summed E-state index contributed by atoms with van der Waals surface area (Å²) in [6, 6.07) is 2.53. The number of hydrogen-bond donors (Lipinski definition) is 1. The van der Waals surface area contributed by atoms with Gasteiger partial charge in [-0.25, -0.2) is 0 Å². The van der Waals surface area contributed by atoms with Crippen molar-refractivity contribution in [2.45, 2.75) is 46.6 Å². The summed E-state index contributed by atoms with van der Waals surface area (Å²) in [5, 5.41) is 13.8. The Kier molecular flexibility index (Phi) is 5.00. The van der Waals surface area contributed by atoms with E-state index in [0.29, 0.717) is 17.9 Å². The maximum Gasteiger partial charge on any atom is 0.0628 e. The van der Waals surface area contributed by atoms with Gasteiger partial charge in [-0.2, -0.15) is 5.10 Å². The van der Waals surface area contributed by atoms with Gasteiger partial charge >= 0.3 is 0 Å². The van der Waals surface area contributed by atoms with Gasteiger partial charge in [-0.05, 0) is 37.7 Å². The van der Waals surface area contributed by atoms with Crippen molar-refractivity contribution in [2.75, 3.05) is 6.61 Å². The van der Waals surface area contributed by atoms with Crippen LogP contribution in [0.5, 0.6) is 0 Å². The third-order valence-corrected chi connectivity index (χ3v) is 3.35. The number of hydrogen-bond acceptors (Lipinski definition) is 2. The lowest BCUT2D eigenvalue weighted by Gasteiger charge is -2.16. The Morgan fingerprint density at radius 2 is 2.06 bits per heavy atom. The van der Waals surface area contributed by atoms with Gasteiger partial charge in [0.25, 0.3) is 0 Å². The molecule has 0 aliphatic rings. The zero-order chi connectivity index (χ0) is 12.1. The molecular formula is C13H24N2O. The molecule has 0 aromatic carbocycles. The minimum absolute atomic E-state index is 0.244. The van der Waals surface area contributed by atoms with Gasteiger partial charge < -0.3 is 5.11 Å². The predicted molar refractivity (Wildman–Crippen MR) is 66.3 cm³/mol. The van der Waals surface area contributed by atoms with Gasteiger partial charge in [0.1, 0.15) is 0 Å². The third-order valence-electron chi connectivity index (χ3n) is 3.35. The molecule has 1 N–H and O–H groups in total. The first-order valence-electron chi connectivity index (χ1n) is 6.23. The van der Waals surface area contributed by atoms with E-state index < -0.39 is 0 Å². The highest BCUT2D eigenvalue weighted by molar-refractivity contribution is 5.01. The number of rotatable bonds is 6. The van der Waals surface area contributed by atoms with Gasteiger partial charge in [0.15, 0.2) is 0 Å². The molecule has 0 saturated carbocycles. The molecule has 16 heavy (non-hydrogen) atoms. The summed E-state index contributed by atoms with van der Waals surface area (Å²) in [6.07, 6.45) is 4.00. The molecule has 1 heterocycles. The molecule has 0 radical (unpaired) electrons. The van der Waals surface area contributed by atoms with E-state index in [1.165, 1.54) is 0 Å². The lowest BCUT2D eigenvalue weighted by atomic mass is 9.92. The van der Waals surface area contributed by atoms with Crippen LogP contribution in [0.3, 0.4) is 0 Å². The molecule has 0 saturated heterocycles. The highest BCUT2D eigenvalue weighted by Crippen LogP contribution is 2.17. The Morgan fingerprint density at radius 1 is 1.38 bits per heavy atom. The van der Waals surface area contributed by atoms with Gasteiger partial charge in [-0.15, -0.1) is 0 Å². The summed E-state index contributed by atoms with van der Waals surface area (Å²) < 4.78 is 2.02. The van der Waals surface area contributed by atoms with E-state index in [4.69, 9.17) is 0 Å². The van der Waals surface area contributed by atoms with E-state index >= 15 is 0 Å². The Bertz CT molecular complexity index is 307. The normalized spacial score (nSPS) is 15.4. The van der Waals surface area contributed by atoms with Crippen LogP contribution in [-0.2, 0) is 6.42 Å². The first kappa shape index (κ1) is 13.2. The van der Waals surface area contributed by atoms with Gasteiger partial charge in [0.05, 0.1) is 5.69 Å². The molecule has 0 aliphatic carbocycles. The monoisotopic (exact) mass is 224 g/mol. The van der Waals surface area contributed by atoms with E-state index in [9.17, 15) is 5.11 Å². The van der Waals surface area contributed by atoms with Crippen LogP contribution < -0.4 is 0 Å². The molecule has 0 spiro atoms. The van der Waals surface area contributed by atoms with Crippen LogP contribution in [0.25, 0.3) is 0 Å². The Labute approximate surface area is 98.5 Å². The van der Waals surface area contributed by atoms with E-state index in [1.54, 1.807) is 0 Å². The van der Waals surface area contributed by atoms with E-state index in [1.807, 2.05) is 10.9 Å². The average molecular weight is 224 g/mol. The lowest BCUT2D eigenvalue weighted by molar-refractivity contribution is 0.188. The minimum Gasteiger partial charge on any atom is -0.396 e. The van der Waals surface area contributed by atoms with Crippen molar-refractivity contribution < 1.29 is 5.11 Å². The average Bonchev–Trinajstić information content (AvgIpc) is 2.72. The van der Waals surface area contributed by atoms with E-state index in [0.717, 1.165) is 18.5 Å². The summed E-state index contributed by atoms with van der Waals surface area (Å²) in [5.41, 5.74) is 1.09. The van der Waals surface area contributed by atoms with Crippen LogP contribution in [0.4, 0.5) is 0 Å². The maximum absolute atomic E-state index is 9.29. The van der Waals surface area contributed by atoms with Crippen LogP contribution in [0.1, 0.15) is 45.9 Å². The standard InChI is InChI=1S/C13H24N2O/c1-5-11(4)15-7-6-13(14-15)8-12(9-16)10(2)3/h6-7,10-12,16H,5,8-9H2,1-4H3. The molecule has 0 bridgehead atoms. The second-order valence-electron chi connectivity index (χ2n) is 4.94. The molecule has 0 amide bonds. The highest BCUT2D eigenvalue weighted by atomic mass is 16.3. The van der Waals surface area contributed by atoms with E-state index in [2.05, 4.69) is 38.9 Å². The summed E-state index contributed by atoms with van der Waals surface area (Å²) >= 11 is 0. The molecule has 92 valence electrons. The summed E-state index contributed by atoms with van der Waals surface area (Å²) in [7, 11) is 0. The van der Waals surface area contributed by atoms with Crippen molar-refractivity contribution in [2.24, 2.45) is 11.8 Å². The summed E-state index contributed by atoms with van der Waals surface area (Å²) in [6.45, 7) is 8.87. The van der Waals surface area contributed by atoms with Gasteiger partial charge in [-0.3, -0.25) is 4.68 Å². The highest BCUT2D eigenvalue weighted by Gasteiger charge is 2.15. The van der Waals surface area contributed by atoms with Crippen molar-refractivity contribution >= 4 is 0 Å². The fourth-order valence-corrected chi connectivity index (χ4v) is 1.70. The van der Waals surface area contributed by atoms with Crippen LogP contribution in [0.15, 0.2) is 12.3 Å². The molecular weight excluding hydrogens is 200 g/mol. The fraction of sp³-hybridized carbons (Fsp3) is 0.769. The van der Waals surface area contributed by atoms with Gasteiger partial charge in [0, 0.05) is 18.8 Å². The molecule has 0 fully saturated rings. The fourth-order valence-electron chi connectivity index (χ4n) is 1.70. The van der Waals surface area contributed by atoms with Crippen LogP contribution >= 0.6 is 0 Å². The molecule has 1 aromatic rings. The molecule has 2 unspecified atom stereocenters. The summed E-state index contributed by atoms with van der Waals surface area (Å²) in [4.78, 5) is 0. The topological polar surface area (TPSA) is 38.0 Å². The van der Waals surface area contributed by atoms with Crippen LogP contribution in [-0.4, -0.2) is 21.5 Å². The van der Waals surface area contributed by atoms with Crippen molar-refractivity contribution in [1.29, 1.82) is 0 Å². The van der Waals surface area contributed by atoms with E-state index in [-0.39, 0.29) is 6.61 Å². The second kappa shape index (κ2) is 6.04. The van der Waals surface area contributed by atoms with Gasteiger partial charge in [-0.1, -0.05) is 20.8 Å². The number of aliphatic hydroxyl groups is 1. The zero-order valence-electron chi connectivity index (χ0n) is 10.8. The molecule has 1 rings (SSSR count). The second-order valence-corrected chi connectivity index (χ2v) is 4.94. The maximum atomic E-state index is 9.29. The molecule has 2 atom stereocenters. The SMILES string of the molecule is CCC(C)n1ccc(CC(CO)C(C)C)n1. The number of aliphatic hydroxyl groups excluding tert-OH is 1. The third kappa shape index (κ3) is 3.34. The zero-order valence-corrected chi connectivity index (χ0v) is 10.8. The first-order valence-corrected chi connectivity index (χ1v) is 6.23. The number of aromatic nitrogens is 2. The Hall–Kier alpha value is -0.830.